The molecule has 0 saturated carbocycles. The van der Waals surface area contributed by atoms with Gasteiger partial charge in [-0.3, -0.25) is 0 Å². The van der Waals surface area contributed by atoms with E-state index in [1.165, 1.54) is 12.1 Å². The number of nitrogens with zero attached hydrogens (tertiary/aromatic N) is 1. The van der Waals surface area contributed by atoms with E-state index in [1.807, 2.05) is 0 Å². The molecule has 0 amide bonds. The molecule has 5 N–H and O–H groups in total. The predicted octanol–water partition coefficient (Wildman–Crippen LogP) is 2.53. The maximum absolute atomic E-state index is 13.1. The lowest BCUT2D eigenvalue weighted by molar-refractivity contribution is 0.629. The van der Waals surface area contributed by atoms with Gasteiger partial charge in [0, 0.05) is 16.9 Å². The zero-order valence-corrected chi connectivity index (χ0v) is 9.44. The highest BCUT2D eigenvalue weighted by Crippen LogP contribution is 2.25. The van der Waals surface area contributed by atoms with Crippen LogP contribution in [0, 0.1) is 5.82 Å². The lowest BCUT2D eigenvalue weighted by Crippen LogP contribution is -1.92. The van der Waals surface area contributed by atoms with Gasteiger partial charge in [0.2, 0.25) is 0 Å². The van der Waals surface area contributed by atoms with Crippen LogP contribution in [0.5, 0.6) is 0 Å². The van der Waals surface area contributed by atoms with Crippen molar-refractivity contribution in [3.05, 3.63) is 42.2 Å². The van der Waals surface area contributed by atoms with Crippen LogP contribution in [0.25, 0.3) is 22.4 Å². The third-order valence-corrected chi connectivity index (χ3v) is 2.70. The predicted molar refractivity (Wildman–Crippen MR) is 70.3 cm³/mol. The highest BCUT2D eigenvalue weighted by Gasteiger charge is 2.07. The summed E-state index contributed by atoms with van der Waals surface area (Å²) in [6.45, 7) is 0. The van der Waals surface area contributed by atoms with Crippen LogP contribution in [0.15, 0.2) is 36.4 Å². The summed E-state index contributed by atoms with van der Waals surface area (Å²) in [6, 6.07) is 9.61. The normalized spacial score (nSPS) is 10.9. The molecule has 0 radical (unpaired) electrons. The number of nitrogens with one attached hydrogen (secondary N) is 1. The Hall–Kier alpha value is -2.56. The van der Waals surface area contributed by atoms with E-state index < -0.39 is 0 Å². The number of hydrogen-bond acceptors (Lipinski definition) is 3. The van der Waals surface area contributed by atoms with Gasteiger partial charge in [0.1, 0.15) is 11.6 Å². The monoisotopic (exact) mass is 242 g/mol. The Morgan fingerprint density at radius 2 is 1.72 bits per heavy atom. The van der Waals surface area contributed by atoms with E-state index in [0.29, 0.717) is 28.2 Å². The molecule has 0 aliphatic carbocycles. The van der Waals surface area contributed by atoms with E-state index in [2.05, 4.69) is 9.97 Å². The Bertz CT molecular complexity index is 713. The number of imidazole rings is 1. The highest BCUT2D eigenvalue weighted by molar-refractivity contribution is 5.80. The Balaban J connectivity index is 2.19. The first-order valence-corrected chi connectivity index (χ1v) is 5.43. The number of aromatic nitrogens is 2. The van der Waals surface area contributed by atoms with Gasteiger partial charge in [0.15, 0.2) is 0 Å². The Morgan fingerprint density at radius 3 is 2.44 bits per heavy atom. The third-order valence-electron chi connectivity index (χ3n) is 2.70. The van der Waals surface area contributed by atoms with Gasteiger partial charge in [-0.1, -0.05) is 0 Å². The molecular weight excluding hydrogens is 231 g/mol. The lowest BCUT2D eigenvalue weighted by Gasteiger charge is -2.01. The second kappa shape index (κ2) is 3.73. The fourth-order valence-electron chi connectivity index (χ4n) is 1.93. The van der Waals surface area contributed by atoms with E-state index >= 15 is 0 Å². The summed E-state index contributed by atoms with van der Waals surface area (Å²) in [4.78, 5) is 7.42. The molecule has 0 aliphatic rings. The molecule has 0 unspecified atom stereocenters. The maximum Gasteiger partial charge on any atom is 0.138 e. The summed E-state index contributed by atoms with van der Waals surface area (Å²) in [5, 5.41) is 0. The number of aromatic amines is 1. The van der Waals surface area contributed by atoms with Gasteiger partial charge in [-0.05, 0) is 36.4 Å². The smallest absolute Gasteiger partial charge is 0.138 e. The lowest BCUT2D eigenvalue weighted by atomic mass is 10.1. The maximum atomic E-state index is 13.1. The Labute approximate surface area is 102 Å². The minimum atomic E-state index is -0.301. The van der Waals surface area contributed by atoms with E-state index in [1.54, 1.807) is 24.3 Å². The number of H-pyrrole nitrogens is 1. The molecule has 1 aromatic heterocycles. The molecule has 0 saturated heterocycles. The van der Waals surface area contributed by atoms with Crippen molar-refractivity contribution in [1.82, 2.24) is 9.97 Å². The summed E-state index contributed by atoms with van der Waals surface area (Å²) < 4.78 is 13.1. The second-order valence-corrected chi connectivity index (χ2v) is 4.14. The van der Waals surface area contributed by atoms with Crippen LogP contribution in [0.2, 0.25) is 0 Å². The van der Waals surface area contributed by atoms with Gasteiger partial charge in [-0.25, -0.2) is 9.37 Å². The molecule has 1 heterocycles. The van der Waals surface area contributed by atoms with Crippen molar-refractivity contribution >= 4 is 22.4 Å². The molecule has 3 rings (SSSR count). The van der Waals surface area contributed by atoms with Crippen molar-refractivity contribution in [3.63, 3.8) is 0 Å². The quantitative estimate of drug-likeness (QED) is 0.573. The summed E-state index contributed by atoms with van der Waals surface area (Å²) in [6.07, 6.45) is 0. The van der Waals surface area contributed by atoms with Crippen molar-refractivity contribution in [1.29, 1.82) is 0 Å². The van der Waals surface area contributed by atoms with Crippen molar-refractivity contribution in [2.45, 2.75) is 0 Å². The second-order valence-electron chi connectivity index (χ2n) is 4.14. The van der Waals surface area contributed by atoms with Gasteiger partial charge < -0.3 is 16.5 Å². The molecule has 0 spiro atoms. The molecule has 0 fully saturated rings. The number of nitrogen functional groups attached to an aromatic ring is 2. The average Bonchev–Trinajstić information content (AvgIpc) is 2.70. The summed E-state index contributed by atoms with van der Waals surface area (Å²) in [7, 11) is 0. The van der Waals surface area contributed by atoms with Crippen LogP contribution >= 0.6 is 0 Å². The SMILES string of the molecule is Nc1cc(N)cc(-c2nc3ccc(F)cc3[nH]2)c1. The third kappa shape index (κ3) is 1.75. The molecule has 0 atom stereocenters. The van der Waals surface area contributed by atoms with E-state index in [0.717, 1.165) is 5.56 Å². The van der Waals surface area contributed by atoms with Crippen molar-refractivity contribution < 1.29 is 4.39 Å². The number of anilines is 2. The van der Waals surface area contributed by atoms with E-state index in [4.69, 9.17) is 11.5 Å². The molecule has 90 valence electrons. The van der Waals surface area contributed by atoms with Gasteiger partial charge in [0.25, 0.3) is 0 Å². The Kier molecular flexibility index (Phi) is 2.19. The van der Waals surface area contributed by atoms with Gasteiger partial charge in [-0.15, -0.1) is 0 Å². The highest BCUT2D eigenvalue weighted by atomic mass is 19.1. The van der Waals surface area contributed by atoms with Crippen molar-refractivity contribution in [2.75, 3.05) is 11.5 Å². The van der Waals surface area contributed by atoms with E-state index in [-0.39, 0.29) is 5.82 Å². The van der Waals surface area contributed by atoms with Crippen LogP contribution in [0.3, 0.4) is 0 Å². The Morgan fingerprint density at radius 1 is 1.00 bits per heavy atom. The molecular formula is C13H11FN4. The van der Waals surface area contributed by atoms with Crippen LogP contribution in [-0.4, -0.2) is 9.97 Å². The fraction of sp³-hybridized carbons (Fsp3) is 0. The number of halogens is 1. The molecule has 2 aromatic carbocycles. The van der Waals surface area contributed by atoms with Crippen LogP contribution in [-0.2, 0) is 0 Å². The summed E-state index contributed by atoms with van der Waals surface area (Å²) >= 11 is 0. The zero-order valence-electron chi connectivity index (χ0n) is 9.44. The minimum Gasteiger partial charge on any atom is -0.399 e. The first kappa shape index (κ1) is 10.6. The first-order valence-electron chi connectivity index (χ1n) is 5.43. The fourth-order valence-corrected chi connectivity index (χ4v) is 1.93. The minimum absolute atomic E-state index is 0.301. The van der Waals surface area contributed by atoms with Crippen LogP contribution in [0.4, 0.5) is 15.8 Å². The number of fused-ring (bicyclic) bond motifs is 1. The van der Waals surface area contributed by atoms with Crippen LogP contribution in [0.1, 0.15) is 0 Å². The zero-order chi connectivity index (χ0) is 12.7. The molecule has 3 aromatic rings. The van der Waals surface area contributed by atoms with E-state index in [9.17, 15) is 4.39 Å². The number of nitrogens with two attached hydrogens (primary N) is 2. The van der Waals surface area contributed by atoms with Crippen molar-refractivity contribution in [3.8, 4) is 11.4 Å². The molecule has 0 aliphatic heterocycles. The summed E-state index contributed by atoms with van der Waals surface area (Å²) in [5.74, 6) is 0.319. The number of benzene rings is 2. The summed E-state index contributed by atoms with van der Waals surface area (Å²) in [5.41, 5.74) is 14.7. The van der Waals surface area contributed by atoms with Crippen molar-refractivity contribution in [2.24, 2.45) is 0 Å². The van der Waals surface area contributed by atoms with Gasteiger partial charge in [0.05, 0.1) is 11.0 Å². The topological polar surface area (TPSA) is 80.7 Å². The van der Waals surface area contributed by atoms with Gasteiger partial charge in [-0.2, -0.15) is 0 Å². The molecule has 0 bridgehead atoms. The number of rotatable bonds is 1. The molecule has 5 heteroatoms. The van der Waals surface area contributed by atoms with Crippen LogP contribution < -0.4 is 11.5 Å². The van der Waals surface area contributed by atoms with Gasteiger partial charge >= 0.3 is 0 Å². The average molecular weight is 242 g/mol. The largest absolute Gasteiger partial charge is 0.399 e. The first-order chi connectivity index (χ1) is 8.61. The molecule has 4 nitrogen and oxygen atoms in total. The molecule has 18 heavy (non-hydrogen) atoms. The number of hydrogen-bond donors (Lipinski definition) is 3. The standard InChI is InChI=1S/C13H11FN4/c14-8-1-2-11-12(5-8)18-13(17-11)7-3-9(15)6-10(16)4-7/h1-6H,15-16H2,(H,17,18).